The molecule has 1 unspecified atom stereocenters. The average molecular weight is 393 g/mol. The van der Waals surface area contributed by atoms with Crippen molar-refractivity contribution in [3.63, 3.8) is 0 Å². The van der Waals surface area contributed by atoms with Crippen molar-refractivity contribution in [2.24, 2.45) is 11.8 Å². The van der Waals surface area contributed by atoms with Gasteiger partial charge in [-0.05, 0) is 75.4 Å². The van der Waals surface area contributed by atoms with Crippen LogP contribution in [0.1, 0.15) is 70.6 Å². The smallest absolute Gasteiger partial charge is 0.321 e. The van der Waals surface area contributed by atoms with Crippen molar-refractivity contribution in [2.45, 2.75) is 70.6 Å². The molecule has 1 aliphatic heterocycles. The Labute approximate surface area is 169 Å². The van der Waals surface area contributed by atoms with Crippen molar-refractivity contribution in [3.05, 3.63) is 11.8 Å². The first-order valence-electron chi connectivity index (χ1n) is 11.0. The molecule has 0 aromatic heterocycles. The summed E-state index contributed by atoms with van der Waals surface area (Å²) in [6.45, 7) is 3.34. The highest BCUT2D eigenvalue weighted by Crippen LogP contribution is 2.34. The number of hydrogen-bond acceptors (Lipinski definition) is 2. The van der Waals surface area contributed by atoms with Crippen molar-refractivity contribution >= 4 is 23.4 Å². The third-order valence-electron chi connectivity index (χ3n) is 6.21. The number of thiocarbonyl (C=S) groups is 1. The summed E-state index contributed by atoms with van der Waals surface area (Å²) in [4.78, 5) is 14.5. The fraction of sp³-hybridized carbons (Fsp3) is 0.810. The number of rotatable bonds is 6. The molecule has 0 spiro atoms. The highest BCUT2D eigenvalue weighted by atomic mass is 32.1. The summed E-state index contributed by atoms with van der Waals surface area (Å²) in [5.74, 6) is 1.38. The Hall–Kier alpha value is -1.30. The van der Waals surface area contributed by atoms with Gasteiger partial charge in [-0.2, -0.15) is 0 Å². The molecule has 0 aromatic rings. The second kappa shape index (κ2) is 10.9. The molecule has 27 heavy (non-hydrogen) atoms. The van der Waals surface area contributed by atoms with Gasteiger partial charge in [0.1, 0.15) is 0 Å². The summed E-state index contributed by atoms with van der Waals surface area (Å²) >= 11 is 5.36. The van der Waals surface area contributed by atoms with E-state index in [1.54, 1.807) is 0 Å². The number of hydrogen-bond donors (Lipinski definition) is 3. The molecule has 1 saturated heterocycles. The molecule has 2 amide bonds. The summed E-state index contributed by atoms with van der Waals surface area (Å²) in [7, 11) is 0. The van der Waals surface area contributed by atoms with Crippen LogP contribution in [0, 0.1) is 11.8 Å². The number of piperidine rings is 1. The molecule has 0 aromatic carbocycles. The SMILES string of the molecule is O=C(NCCCNC(=S)NCC1CCCCC1)N1CCCC2CCCC=C21. The number of allylic oxidation sites excluding steroid dienone is 2. The number of nitrogens with zero attached hydrogens (tertiary/aromatic N) is 1. The molecule has 1 atom stereocenters. The quantitative estimate of drug-likeness (QED) is 0.474. The average Bonchev–Trinajstić information content (AvgIpc) is 2.72. The standard InChI is InChI=1S/C21H36N4OS/c26-21(25-15-6-11-18-10-4-5-12-19(18)25)23-14-7-13-22-20(27)24-16-17-8-2-1-3-9-17/h12,17-18H,1-11,13-16H2,(H,23,26)(H2,22,24,27). The maximum Gasteiger partial charge on any atom is 0.321 e. The number of nitrogens with one attached hydrogen (secondary N) is 3. The number of carbonyl (C=O) groups excluding carboxylic acids is 1. The number of likely N-dealkylation sites (tertiary alicyclic amines) is 1. The van der Waals surface area contributed by atoms with Crippen LogP contribution in [-0.4, -0.2) is 42.2 Å². The molecule has 5 nitrogen and oxygen atoms in total. The Morgan fingerprint density at radius 2 is 1.78 bits per heavy atom. The normalized spacial score (nSPS) is 23.2. The summed E-state index contributed by atoms with van der Waals surface area (Å²) in [5.41, 5.74) is 1.27. The molecule has 152 valence electrons. The van der Waals surface area contributed by atoms with Crippen molar-refractivity contribution < 1.29 is 4.79 Å². The molecular formula is C21H36N4OS. The summed E-state index contributed by atoms with van der Waals surface area (Å²) in [6, 6.07) is 0.0749. The van der Waals surface area contributed by atoms with Crippen LogP contribution in [0.25, 0.3) is 0 Å². The molecule has 0 radical (unpaired) electrons. The van der Waals surface area contributed by atoms with Crippen molar-refractivity contribution in [1.29, 1.82) is 0 Å². The summed E-state index contributed by atoms with van der Waals surface area (Å²) in [5, 5.41) is 10.5. The zero-order valence-corrected chi connectivity index (χ0v) is 17.4. The first kappa shape index (κ1) is 20.4. The minimum absolute atomic E-state index is 0.0749. The number of urea groups is 1. The molecule has 3 N–H and O–H groups in total. The van der Waals surface area contributed by atoms with Gasteiger partial charge in [-0.1, -0.05) is 25.3 Å². The van der Waals surface area contributed by atoms with Crippen molar-refractivity contribution in [1.82, 2.24) is 20.9 Å². The Morgan fingerprint density at radius 1 is 1.00 bits per heavy atom. The highest BCUT2D eigenvalue weighted by Gasteiger charge is 2.29. The van der Waals surface area contributed by atoms with Gasteiger partial charge >= 0.3 is 6.03 Å². The zero-order chi connectivity index (χ0) is 18.9. The van der Waals surface area contributed by atoms with Crippen LogP contribution in [0.15, 0.2) is 11.8 Å². The van der Waals surface area contributed by atoms with Gasteiger partial charge in [-0.15, -0.1) is 0 Å². The predicted octanol–water partition coefficient (Wildman–Crippen LogP) is 3.91. The minimum Gasteiger partial charge on any atom is -0.363 e. The maximum absolute atomic E-state index is 12.5. The van der Waals surface area contributed by atoms with Crippen LogP contribution >= 0.6 is 12.2 Å². The van der Waals surface area contributed by atoms with E-state index in [2.05, 4.69) is 22.0 Å². The van der Waals surface area contributed by atoms with E-state index in [4.69, 9.17) is 12.2 Å². The van der Waals surface area contributed by atoms with Crippen LogP contribution in [0.4, 0.5) is 4.79 Å². The lowest BCUT2D eigenvalue weighted by Crippen LogP contribution is -2.45. The van der Waals surface area contributed by atoms with Gasteiger partial charge < -0.3 is 16.0 Å². The fourth-order valence-corrected chi connectivity index (χ4v) is 4.85. The molecule has 2 aliphatic carbocycles. The van der Waals surface area contributed by atoms with Crippen LogP contribution in [-0.2, 0) is 0 Å². The van der Waals surface area contributed by atoms with Gasteiger partial charge in [0.2, 0.25) is 0 Å². The molecule has 3 aliphatic rings. The molecular weight excluding hydrogens is 356 g/mol. The van der Waals surface area contributed by atoms with E-state index in [0.29, 0.717) is 12.5 Å². The van der Waals surface area contributed by atoms with E-state index >= 15 is 0 Å². The number of carbonyl (C=O) groups is 1. The van der Waals surface area contributed by atoms with Crippen LogP contribution in [0.5, 0.6) is 0 Å². The van der Waals surface area contributed by atoms with E-state index in [1.165, 1.54) is 57.1 Å². The summed E-state index contributed by atoms with van der Waals surface area (Å²) in [6.07, 6.45) is 15.9. The lowest BCUT2D eigenvalue weighted by atomic mass is 9.85. The van der Waals surface area contributed by atoms with Gasteiger partial charge in [0.05, 0.1) is 0 Å². The van der Waals surface area contributed by atoms with Gasteiger partial charge in [0.25, 0.3) is 0 Å². The van der Waals surface area contributed by atoms with E-state index in [0.717, 1.165) is 49.9 Å². The topological polar surface area (TPSA) is 56.4 Å². The van der Waals surface area contributed by atoms with E-state index < -0.39 is 0 Å². The van der Waals surface area contributed by atoms with Gasteiger partial charge in [0, 0.05) is 31.9 Å². The minimum atomic E-state index is 0.0749. The Bertz CT molecular complexity index is 530. The predicted molar refractivity (Wildman–Crippen MR) is 115 cm³/mol. The van der Waals surface area contributed by atoms with Crippen LogP contribution < -0.4 is 16.0 Å². The lowest BCUT2D eigenvalue weighted by molar-refractivity contribution is 0.187. The van der Waals surface area contributed by atoms with Crippen molar-refractivity contribution in [3.8, 4) is 0 Å². The number of fused-ring (bicyclic) bond motifs is 1. The first-order valence-corrected chi connectivity index (χ1v) is 11.4. The molecule has 2 fully saturated rings. The fourth-order valence-electron chi connectivity index (χ4n) is 4.67. The van der Waals surface area contributed by atoms with Crippen LogP contribution in [0.2, 0.25) is 0 Å². The third-order valence-corrected chi connectivity index (χ3v) is 6.50. The maximum atomic E-state index is 12.5. The van der Waals surface area contributed by atoms with E-state index in [1.807, 2.05) is 4.90 Å². The Morgan fingerprint density at radius 3 is 2.63 bits per heavy atom. The second-order valence-electron chi connectivity index (χ2n) is 8.28. The second-order valence-corrected chi connectivity index (χ2v) is 8.69. The molecule has 6 heteroatoms. The monoisotopic (exact) mass is 392 g/mol. The molecule has 1 heterocycles. The molecule has 3 rings (SSSR count). The Kier molecular flexibility index (Phi) is 8.24. The highest BCUT2D eigenvalue weighted by molar-refractivity contribution is 7.80. The van der Waals surface area contributed by atoms with Gasteiger partial charge in [-0.3, -0.25) is 4.90 Å². The lowest BCUT2D eigenvalue weighted by Gasteiger charge is -2.37. The summed E-state index contributed by atoms with van der Waals surface area (Å²) < 4.78 is 0. The first-order chi connectivity index (χ1) is 13.2. The van der Waals surface area contributed by atoms with Gasteiger partial charge in [0.15, 0.2) is 5.11 Å². The molecule has 0 bridgehead atoms. The number of amides is 2. The molecule has 1 saturated carbocycles. The van der Waals surface area contributed by atoms with E-state index in [9.17, 15) is 4.79 Å². The van der Waals surface area contributed by atoms with Crippen molar-refractivity contribution in [2.75, 3.05) is 26.2 Å². The largest absolute Gasteiger partial charge is 0.363 e. The Balaban J connectivity index is 1.26. The third kappa shape index (κ3) is 6.37. The van der Waals surface area contributed by atoms with Crippen LogP contribution in [0.3, 0.4) is 0 Å². The van der Waals surface area contributed by atoms with E-state index in [-0.39, 0.29) is 6.03 Å². The zero-order valence-electron chi connectivity index (χ0n) is 16.6. The van der Waals surface area contributed by atoms with Gasteiger partial charge in [-0.25, -0.2) is 4.79 Å².